The van der Waals surface area contributed by atoms with E-state index < -0.39 is 5.82 Å². The lowest BCUT2D eigenvalue weighted by molar-refractivity contribution is 0.0953. The summed E-state index contributed by atoms with van der Waals surface area (Å²) in [4.78, 5) is 27.9. The Hall–Kier alpha value is -3.16. The van der Waals surface area contributed by atoms with Gasteiger partial charge in [0.25, 0.3) is 5.91 Å². The number of halogens is 1. The van der Waals surface area contributed by atoms with Crippen molar-refractivity contribution in [2.24, 2.45) is 0 Å². The molecule has 0 spiro atoms. The Bertz CT molecular complexity index is 753. The number of rotatable bonds is 9. The van der Waals surface area contributed by atoms with Crippen LogP contribution in [0.5, 0.6) is 5.88 Å². The summed E-state index contributed by atoms with van der Waals surface area (Å²) in [6.07, 6.45) is 2.51. The molecule has 8 heteroatoms. The van der Waals surface area contributed by atoms with E-state index in [4.69, 9.17) is 4.74 Å². The summed E-state index contributed by atoms with van der Waals surface area (Å²) < 4.78 is 18.4. The van der Waals surface area contributed by atoms with Crippen LogP contribution in [0.4, 0.5) is 9.18 Å². The minimum Gasteiger partial charge on any atom is -0.477 e. The van der Waals surface area contributed by atoms with Gasteiger partial charge in [0, 0.05) is 37.0 Å². The summed E-state index contributed by atoms with van der Waals surface area (Å²) in [7, 11) is 0. The maximum atomic E-state index is 12.8. The number of benzene rings is 1. The number of pyridine rings is 1. The predicted octanol–water partition coefficient (Wildman–Crippen LogP) is 2.24. The van der Waals surface area contributed by atoms with Gasteiger partial charge >= 0.3 is 6.03 Å². The third-order valence-electron chi connectivity index (χ3n) is 3.53. The fraction of sp³-hybridized carbons (Fsp3) is 0.316. The number of carbonyl (C=O) groups is 2. The molecule has 144 valence electrons. The zero-order chi connectivity index (χ0) is 19.5. The quantitative estimate of drug-likeness (QED) is 0.587. The molecule has 3 N–H and O–H groups in total. The molecule has 3 amide bonds. The van der Waals surface area contributed by atoms with E-state index in [0.717, 1.165) is 12.0 Å². The molecule has 2 rings (SSSR count). The molecule has 0 atom stereocenters. The maximum Gasteiger partial charge on any atom is 0.315 e. The summed E-state index contributed by atoms with van der Waals surface area (Å²) in [6.45, 7) is 3.35. The molecule has 0 bridgehead atoms. The third-order valence-corrected chi connectivity index (χ3v) is 3.53. The predicted molar refractivity (Wildman–Crippen MR) is 99.0 cm³/mol. The first-order valence-corrected chi connectivity index (χ1v) is 8.72. The highest BCUT2D eigenvalue weighted by atomic mass is 19.1. The summed E-state index contributed by atoms with van der Waals surface area (Å²) in [6, 6.07) is 8.49. The molecule has 0 saturated carbocycles. The first-order chi connectivity index (χ1) is 13.1. The number of nitrogens with zero attached hydrogens (tertiary/aromatic N) is 1. The van der Waals surface area contributed by atoms with Crippen LogP contribution in [0.15, 0.2) is 42.6 Å². The second-order valence-electron chi connectivity index (χ2n) is 5.69. The van der Waals surface area contributed by atoms with Crippen LogP contribution in [0.3, 0.4) is 0 Å². The van der Waals surface area contributed by atoms with Crippen LogP contribution in [-0.2, 0) is 6.54 Å². The van der Waals surface area contributed by atoms with Crippen molar-refractivity contribution in [3.8, 4) is 5.88 Å². The summed E-state index contributed by atoms with van der Waals surface area (Å²) >= 11 is 0. The minimum absolute atomic E-state index is 0.251. The number of amides is 3. The van der Waals surface area contributed by atoms with Crippen molar-refractivity contribution in [2.45, 2.75) is 19.9 Å². The van der Waals surface area contributed by atoms with E-state index in [2.05, 4.69) is 20.9 Å². The molecule has 1 aromatic heterocycles. The Morgan fingerprint density at radius 3 is 2.56 bits per heavy atom. The standard InChI is InChI=1S/C19H23FN4O3/c1-2-12-27-18-15(4-3-9-22-18)13-24-19(26)23-11-10-21-17(25)14-5-7-16(20)8-6-14/h3-9H,2,10-13H2,1H3,(H,21,25)(H2,23,24,26). The Morgan fingerprint density at radius 2 is 1.81 bits per heavy atom. The van der Waals surface area contributed by atoms with Gasteiger partial charge < -0.3 is 20.7 Å². The van der Waals surface area contributed by atoms with Crippen LogP contribution < -0.4 is 20.7 Å². The largest absolute Gasteiger partial charge is 0.477 e. The normalized spacial score (nSPS) is 10.1. The van der Waals surface area contributed by atoms with Crippen molar-refractivity contribution < 1.29 is 18.7 Å². The number of urea groups is 1. The van der Waals surface area contributed by atoms with Gasteiger partial charge in [0.05, 0.1) is 6.61 Å². The van der Waals surface area contributed by atoms with Gasteiger partial charge in [-0.3, -0.25) is 4.79 Å². The number of ether oxygens (including phenoxy) is 1. The Labute approximate surface area is 157 Å². The van der Waals surface area contributed by atoms with E-state index in [1.54, 1.807) is 12.3 Å². The van der Waals surface area contributed by atoms with Gasteiger partial charge in [-0.05, 0) is 36.8 Å². The number of hydrogen-bond acceptors (Lipinski definition) is 4. The van der Waals surface area contributed by atoms with Gasteiger partial charge in [0.2, 0.25) is 5.88 Å². The average Bonchev–Trinajstić information content (AvgIpc) is 2.69. The first kappa shape index (κ1) is 20.2. The number of carbonyl (C=O) groups excluding carboxylic acids is 2. The molecule has 0 fully saturated rings. The molecular weight excluding hydrogens is 351 g/mol. The summed E-state index contributed by atoms with van der Waals surface area (Å²) in [5.41, 5.74) is 1.14. The Kier molecular flexibility index (Phi) is 8.02. The number of nitrogens with one attached hydrogen (secondary N) is 3. The third kappa shape index (κ3) is 6.93. The number of hydrogen-bond donors (Lipinski definition) is 3. The van der Waals surface area contributed by atoms with Crippen LogP contribution in [0.1, 0.15) is 29.3 Å². The molecule has 0 radical (unpaired) electrons. The number of aromatic nitrogens is 1. The van der Waals surface area contributed by atoms with Crippen LogP contribution >= 0.6 is 0 Å². The molecule has 0 aliphatic carbocycles. The summed E-state index contributed by atoms with van der Waals surface area (Å²) in [5.74, 6) is -0.224. The molecule has 0 aliphatic rings. The second-order valence-corrected chi connectivity index (χ2v) is 5.69. The maximum absolute atomic E-state index is 12.8. The highest BCUT2D eigenvalue weighted by molar-refractivity contribution is 5.94. The van der Waals surface area contributed by atoms with Crippen molar-refractivity contribution in [1.29, 1.82) is 0 Å². The van der Waals surface area contributed by atoms with Crippen molar-refractivity contribution >= 4 is 11.9 Å². The van der Waals surface area contributed by atoms with Gasteiger partial charge in [0.15, 0.2) is 0 Å². The molecular formula is C19H23FN4O3. The van der Waals surface area contributed by atoms with Gasteiger partial charge in [-0.2, -0.15) is 0 Å². The van der Waals surface area contributed by atoms with Crippen LogP contribution in [-0.4, -0.2) is 36.6 Å². The highest BCUT2D eigenvalue weighted by Crippen LogP contribution is 2.14. The zero-order valence-electron chi connectivity index (χ0n) is 15.1. The molecule has 0 saturated heterocycles. The van der Waals surface area contributed by atoms with E-state index in [1.807, 2.05) is 13.0 Å². The molecule has 1 aromatic carbocycles. The SMILES string of the molecule is CCCOc1ncccc1CNC(=O)NCCNC(=O)c1ccc(F)cc1. The minimum atomic E-state index is -0.401. The van der Waals surface area contributed by atoms with Crippen molar-refractivity contribution in [2.75, 3.05) is 19.7 Å². The van der Waals surface area contributed by atoms with Crippen LogP contribution in [0.25, 0.3) is 0 Å². The highest BCUT2D eigenvalue weighted by Gasteiger charge is 2.07. The fourth-order valence-electron chi connectivity index (χ4n) is 2.18. The van der Waals surface area contributed by atoms with Gasteiger partial charge in [-0.25, -0.2) is 14.2 Å². The average molecular weight is 374 g/mol. The van der Waals surface area contributed by atoms with Gasteiger partial charge in [0.1, 0.15) is 5.82 Å². The van der Waals surface area contributed by atoms with Crippen molar-refractivity contribution in [3.05, 3.63) is 59.5 Å². The molecule has 7 nitrogen and oxygen atoms in total. The van der Waals surface area contributed by atoms with Crippen LogP contribution in [0, 0.1) is 5.82 Å². The zero-order valence-corrected chi connectivity index (χ0v) is 15.1. The van der Waals surface area contributed by atoms with E-state index >= 15 is 0 Å². The lowest BCUT2D eigenvalue weighted by Gasteiger charge is -2.11. The lowest BCUT2D eigenvalue weighted by Crippen LogP contribution is -2.40. The lowest BCUT2D eigenvalue weighted by atomic mass is 10.2. The summed E-state index contributed by atoms with van der Waals surface area (Å²) in [5, 5.41) is 8.01. The smallest absolute Gasteiger partial charge is 0.315 e. The molecule has 0 unspecified atom stereocenters. The second kappa shape index (κ2) is 10.7. The first-order valence-electron chi connectivity index (χ1n) is 8.72. The van der Waals surface area contributed by atoms with E-state index in [9.17, 15) is 14.0 Å². The monoisotopic (exact) mass is 374 g/mol. The van der Waals surface area contributed by atoms with Gasteiger partial charge in [-0.15, -0.1) is 0 Å². The molecule has 0 aliphatic heterocycles. The molecule has 2 aromatic rings. The Balaban J connectivity index is 1.68. The topological polar surface area (TPSA) is 92.3 Å². The van der Waals surface area contributed by atoms with E-state index in [1.165, 1.54) is 24.3 Å². The van der Waals surface area contributed by atoms with Gasteiger partial charge in [-0.1, -0.05) is 13.0 Å². The van der Waals surface area contributed by atoms with Crippen molar-refractivity contribution in [1.82, 2.24) is 20.9 Å². The van der Waals surface area contributed by atoms with E-state index in [-0.39, 0.29) is 31.6 Å². The Morgan fingerprint density at radius 1 is 1.07 bits per heavy atom. The fourth-order valence-corrected chi connectivity index (χ4v) is 2.18. The molecule has 1 heterocycles. The van der Waals surface area contributed by atoms with E-state index in [0.29, 0.717) is 18.1 Å². The van der Waals surface area contributed by atoms with Crippen molar-refractivity contribution in [3.63, 3.8) is 0 Å². The van der Waals surface area contributed by atoms with Crippen LogP contribution in [0.2, 0.25) is 0 Å². The molecule has 27 heavy (non-hydrogen) atoms.